The van der Waals surface area contributed by atoms with E-state index in [2.05, 4.69) is 10.3 Å². The van der Waals surface area contributed by atoms with Crippen molar-refractivity contribution in [2.75, 3.05) is 18.5 Å². The van der Waals surface area contributed by atoms with Crippen molar-refractivity contribution in [1.82, 2.24) is 4.98 Å². The Balaban J connectivity index is 1.92. The lowest BCUT2D eigenvalue weighted by molar-refractivity contribution is -0.118. The monoisotopic (exact) mass is 314 g/mol. The topological polar surface area (TPSA) is 77.5 Å². The van der Waals surface area contributed by atoms with Crippen molar-refractivity contribution in [3.8, 4) is 5.75 Å². The van der Waals surface area contributed by atoms with Crippen LogP contribution in [0.1, 0.15) is 22.8 Å². The van der Waals surface area contributed by atoms with Gasteiger partial charge in [-0.25, -0.2) is 9.78 Å². The van der Waals surface area contributed by atoms with E-state index in [0.29, 0.717) is 11.3 Å². The minimum absolute atomic E-state index is 0.144. The fourth-order valence-electron chi connectivity index (χ4n) is 1.87. The van der Waals surface area contributed by atoms with Gasteiger partial charge in [0.25, 0.3) is 5.91 Å². The van der Waals surface area contributed by atoms with Gasteiger partial charge in [-0.2, -0.15) is 0 Å². The molecule has 1 N–H and O–H groups in total. The number of anilines is 1. The summed E-state index contributed by atoms with van der Waals surface area (Å²) in [6.07, 6.45) is 1.43. The van der Waals surface area contributed by atoms with E-state index in [0.717, 1.165) is 5.56 Å². The molecule has 1 heterocycles. The third kappa shape index (κ3) is 5.10. The maximum atomic E-state index is 11.9. The molecule has 0 atom stereocenters. The lowest BCUT2D eigenvalue weighted by Gasteiger charge is -2.08. The van der Waals surface area contributed by atoms with E-state index >= 15 is 0 Å². The summed E-state index contributed by atoms with van der Waals surface area (Å²) in [7, 11) is 0. The van der Waals surface area contributed by atoms with Gasteiger partial charge >= 0.3 is 5.97 Å². The largest absolute Gasteiger partial charge is 0.484 e. The average Bonchev–Trinajstić information content (AvgIpc) is 2.53. The van der Waals surface area contributed by atoms with Gasteiger partial charge in [0, 0.05) is 6.20 Å². The number of nitrogens with one attached hydrogen (secondary N) is 1. The first-order chi connectivity index (χ1) is 11.1. The van der Waals surface area contributed by atoms with Crippen LogP contribution in [0.25, 0.3) is 0 Å². The number of hydrogen-bond donors (Lipinski definition) is 1. The predicted molar refractivity (Wildman–Crippen MR) is 85.5 cm³/mol. The molecule has 0 unspecified atom stereocenters. The van der Waals surface area contributed by atoms with Gasteiger partial charge in [0.1, 0.15) is 11.6 Å². The molecule has 0 aliphatic rings. The number of ether oxygens (including phenoxy) is 2. The van der Waals surface area contributed by atoms with E-state index in [1.807, 2.05) is 25.1 Å². The average molecular weight is 314 g/mol. The minimum Gasteiger partial charge on any atom is -0.484 e. The molecule has 1 aromatic carbocycles. The molecular formula is C17H18N2O4. The second-order valence-electron chi connectivity index (χ2n) is 4.80. The molecule has 0 spiro atoms. The first-order valence-electron chi connectivity index (χ1n) is 7.21. The Labute approximate surface area is 134 Å². The van der Waals surface area contributed by atoms with E-state index in [1.54, 1.807) is 13.0 Å². The fourth-order valence-corrected chi connectivity index (χ4v) is 1.87. The first-order valence-corrected chi connectivity index (χ1v) is 7.21. The molecule has 1 amide bonds. The highest BCUT2D eigenvalue weighted by Gasteiger charge is 2.10. The van der Waals surface area contributed by atoms with Crippen LogP contribution in [0.4, 0.5) is 5.82 Å². The number of carbonyl (C=O) groups excluding carboxylic acids is 2. The van der Waals surface area contributed by atoms with Gasteiger partial charge in [-0.1, -0.05) is 12.1 Å². The lowest BCUT2D eigenvalue weighted by atomic mass is 10.2. The summed E-state index contributed by atoms with van der Waals surface area (Å²) < 4.78 is 10.3. The van der Waals surface area contributed by atoms with Gasteiger partial charge in [0.05, 0.1) is 12.2 Å². The molecule has 0 aliphatic carbocycles. The molecule has 2 aromatic rings. The summed E-state index contributed by atoms with van der Waals surface area (Å²) in [5.41, 5.74) is 1.38. The quantitative estimate of drug-likeness (QED) is 0.829. The molecule has 0 fully saturated rings. The minimum atomic E-state index is -0.457. The molecule has 0 aliphatic heterocycles. The number of hydrogen-bond acceptors (Lipinski definition) is 5. The molecule has 0 bridgehead atoms. The smallest absolute Gasteiger partial charge is 0.338 e. The number of carbonyl (C=O) groups is 2. The number of rotatable bonds is 6. The second-order valence-corrected chi connectivity index (χ2v) is 4.80. The molecule has 23 heavy (non-hydrogen) atoms. The number of esters is 1. The fraction of sp³-hybridized carbons (Fsp3) is 0.235. The summed E-state index contributed by atoms with van der Waals surface area (Å²) in [5, 5.41) is 2.58. The first kappa shape index (κ1) is 16.5. The highest BCUT2D eigenvalue weighted by atomic mass is 16.5. The van der Waals surface area contributed by atoms with Crippen molar-refractivity contribution in [3.63, 3.8) is 0 Å². The predicted octanol–water partition coefficient (Wildman–Crippen LogP) is 2.58. The number of pyridine rings is 1. The molecule has 0 radical (unpaired) electrons. The highest BCUT2D eigenvalue weighted by Crippen LogP contribution is 2.12. The summed E-state index contributed by atoms with van der Waals surface area (Å²) in [5.74, 6) is 0.0724. The van der Waals surface area contributed by atoms with Gasteiger partial charge < -0.3 is 14.8 Å². The van der Waals surface area contributed by atoms with Crippen molar-refractivity contribution in [1.29, 1.82) is 0 Å². The Bertz CT molecular complexity index is 700. The Morgan fingerprint density at radius 3 is 2.78 bits per heavy atom. The number of aryl methyl sites for hydroxylation is 1. The standard InChI is InChI=1S/C17H18N2O4/c1-3-22-17(21)13-7-8-18-15(10-13)19-16(20)11-23-14-6-4-5-12(2)9-14/h4-10H,3,11H2,1-2H3,(H,18,19,20). The molecule has 1 aromatic heterocycles. The Morgan fingerprint density at radius 1 is 1.22 bits per heavy atom. The van der Waals surface area contributed by atoms with Crippen LogP contribution in [-0.2, 0) is 9.53 Å². The van der Waals surface area contributed by atoms with Gasteiger partial charge in [0.15, 0.2) is 6.61 Å². The maximum absolute atomic E-state index is 11.9. The van der Waals surface area contributed by atoms with Crippen LogP contribution >= 0.6 is 0 Å². The molecule has 0 saturated heterocycles. The van der Waals surface area contributed by atoms with Gasteiger partial charge in [-0.3, -0.25) is 4.79 Å². The SMILES string of the molecule is CCOC(=O)c1ccnc(NC(=O)COc2cccc(C)c2)c1. The van der Waals surface area contributed by atoms with Crippen LogP contribution < -0.4 is 10.1 Å². The van der Waals surface area contributed by atoms with Gasteiger partial charge in [-0.05, 0) is 43.7 Å². The van der Waals surface area contributed by atoms with Crippen LogP contribution in [0.5, 0.6) is 5.75 Å². The maximum Gasteiger partial charge on any atom is 0.338 e. The molecule has 120 valence electrons. The van der Waals surface area contributed by atoms with Crippen LogP contribution in [0.15, 0.2) is 42.6 Å². The second kappa shape index (κ2) is 7.93. The van der Waals surface area contributed by atoms with E-state index in [9.17, 15) is 9.59 Å². The molecule has 2 rings (SSSR count). The number of amides is 1. The Kier molecular flexibility index (Phi) is 5.68. The molecule has 0 saturated carbocycles. The molecule has 6 heteroatoms. The zero-order valence-corrected chi connectivity index (χ0v) is 13.0. The van der Waals surface area contributed by atoms with Crippen molar-refractivity contribution < 1.29 is 19.1 Å². The van der Waals surface area contributed by atoms with E-state index in [4.69, 9.17) is 9.47 Å². The van der Waals surface area contributed by atoms with Crippen molar-refractivity contribution in [2.45, 2.75) is 13.8 Å². The van der Waals surface area contributed by atoms with E-state index < -0.39 is 5.97 Å². The normalized spacial score (nSPS) is 10.0. The van der Waals surface area contributed by atoms with Crippen molar-refractivity contribution >= 4 is 17.7 Å². The van der Waals surface area contributed by atoms with Crippen LogP contribution in [0, 0.1) is 6.92 Å². The van der Waals surface area contributed by atoms with Crippen molar-refractivity contribution in [2.24, 2.45) is 0 Å². The zero-order valence-electron chi connectivity index (χ0n) is 13.0. The summed E-state index contributed by atoms with van der Waals surface area (Å²) in [6.45, 7) is 3.81. The van der Waals surface area contributed by atoms with Crippen molar-refractivity contribution in [3.05, 3.63) is 53.7 Å². The number of nitrogens with zero attached hydrogens (tertiary/aromatic N) is 1. The Hall–Kier alpha value is -2.89. The number of aromatic nitrogens is 1. The van der Waals surface area contributed by atoms with E-state index in [-0.39, 0.29) is 24.9 Å². The summed E-state index contributed by atoms with van der Waals surface area (Å²) >= 11 is 0. The summed E-state index contributed by atoms with van der Waals surface area (Å²) in [6, 6.07) is 10.4. The van der Waals surface area contributed by atoms with Crippen LogP contribution in [-0.4, -0.2) is 30.1 Å². The van der Waals surface area contributed by atoms with Crippen LogP contribution in [0.2, 0.25) is 0 Å². The molecule has 6 nitrogen and oxygen atoms in total. The third-order valence-electron chi connectivity index (χ3n) is 2.90. The van der Waals surface area contributed by atoms with E-state index in [1.165, 1.54) is 18.3 Å². The Morgan fingerprint density at radius 2 is 2.04 bits per heavy atom. The lowest BCUT2D eigenvalue weighted by Crippen LogP contribution is -2.21. The third-order valence-corrected chi connectivity index (χ3v) is 2.90. The molecular weight excluding hydrogens is 296 g/mol. The van der Waals surface area contributed by atoms with Gasteiger partial charge in [-0.15, -0.1) is 0 Å². The highest BCUT2D eigenvalue weighted by molar-refractivity contribution is 5.94. The van der Waals surface area contributed by atoms with Crippen LogP contribution in [0.3, 0.4) is 0 Å². The van der Waals surface area contributed by atoms with Gasteiger partial charge in [0.2, 0.25) is 0 Å². The number of benzene rings is 1. The zero-order chi connectivity index (χ0) is 16.7. The summed E-state index contributed by atoms with van der Waals surface area (Å²) in [4.78, 5) is 27.5.